The first-order valence-corrected chi connectivity index (χ1v) is 8.54. The van der Waals surface area contributed by atoms with Gasteiger partial charge in [0, 0.05) is 17.1 Å². The zero-order chi connectivity index (χ0) is 19.0. The molecule has 1 rings (SSSR count). The van der Waals surface area contributed by atoms with Gasteiger partial charge in [-0.25, -0.2) is 5.43 Å². The molecule has 0 aliphatic rings. The highest BCUT2D eigenvalue weighted by molar-refractivity contribution is 8.05. The molecule has 0 fully saturated rings. The number of aliphatic imine (C=N–C) groups is 1. The molecule has 25 heavy (non-hydrogen) atoms. The van der Waals surface area contributed by atoms with E-state index in [1.807, 2.05) is 0 Å². The molecule has 0 bridgehead atoms. The summed E-state index contributed by atoms with van der Waals surface area (Å²) in [4.78, 5) is 15.4. The number of amides is 1. The van der Waals surface area contributed by atoms with Crippen molar-refractivity contribution in [2.24, 2.45) is 31.7 Å². The first-order chi connectivity index (χ1) is 11.7. The third-order valence-corrected chi connectivity index (χ3v) is 3.78. The highest BCUT2D eigenvalue weighted by atomic mass is 35.5. The molecule has 0 unspecified atom stereocenters. The van der Waals surface area contributed by atoms with Crippen molar-refractivity contribution in [1.82, 2.24) is 10.7 Å². The monoisotopic (exact) mass is 388 g/mol. The van der Waals surface area contributed by atoms with Gasteiger partial charge in [0.05, 0.1) is 0 Å². The summed E-state index contributed by atoms with van der Waals surface area (Å²) in [5, 5.41) is 5.52. The standard InChI is InChI=1S/C12H17ClN8O3S/c1-2-17-12(16)25(23,24)21-11(15)20-19-10(14)18-9(22)7-3-5-8(13)6-4-7/h3-6H,2H2,1H3,(H2,16,17)(H3,15,20,21)(H3,14,18,19,22). The number of guanidine groups is 2. The number of nitrogens with one attached hydrogen (secondary N) is 2. The Morgan fingerprint density at radius 1 is 1.16 bits per heavy atom. The molecular formula is C12H17ClN8O3S. The van der Waals surface area contributed by atoms with Crippen LogP contribution in [-0.2, 0) is 10.0 Å². The van der Waals surface area contributed by atoms with E-state index in [9.17, 15) is 13.2 Å². The molecule has 0 spiro atoms. The van der Waals surface area contributed by atoms with Crippen LogP contribution in [0.25, 0.3) is 0 Å². The molecule has 0 saturated heterocycles. The van der Waals surface area contributed by atoms with Crippen molar-refractivity contribution in [2.45, 2.75) is 6.92 Å². The Bertz CT molecular complexity index is 817. The molecule has 1 amide bonds. The van der Waals surface area contributed by atoms with Crippen molar-refractivity contribution in [1.29, 1.82) is 0 Å². The maximum absolute atomic E-state index is 11.9. The zero-order valence-corrected chi connectivity index (χ0v) is 14.7. The average Bonchev–Trinajstić information content (AvgIpc) is 2.53. The predicted octanol–water partition coefficient (Wildman–Crippen LogP) is -1.13. The van der Waals surface area contributed by atoms with E-state index in [2.05, 4.69) is 25.2 Å². The van der Waals surface area contributed by atoms with Crippen LogP contribution in [0.5, 0.6) is 0 Å². The van der Waals surface area contributed by atoms with Crippen LogP contribution in [0, 0.1) is 0 Å². The van der Waals surface area contributed by atoms with Gasteiger partial charge in [0.25, 0.3) is 5.91 Å². The van der Waals surface area contributed by atoms with Crippen LogP contribution in [0.4, 0.5) is 0 Å². The number of carbonyl (C=O) groups excluding carboxylic acids is 1. The number of rotatable bonds is 4. The summed E-state index contributed by atoms with van der Waals surface area (Å²) in [6.45, 7) is 1.76. The highest BCUT2D eigenvalue weighted by Crippen LogP contribution is 2.09. The molecule has 11 nitrogen and oxygen atoms in total. The van der Waals surface area contributed by atoms with E-state index < -0.39 is 27.1 Å². The zero-order valence-electron chi connectivity index (χ0n) is 13.1. The molecule has 0 aliphatic carbocycles. The predicted molar refractivity (Wildman–Crippen MR) is 96.4 cm³/mol. The molecule has 13 heteroatoms. The number of hydrazone groups is 1. The number of hydrogen-bond acceptors (Lipinski definition) is 5. The minimum absolute atomic E-state index is 0.162. The van der Waals surface area contributed by atoms with Gasteiger partial charge in [-0.05, 0) is 31.2 Å². The molecule has 0 heterocycles. The Morgan fingerprint density at radius 2 is 1.76 bits per heavy atom. The van der Waals surface area contributed by atoms with Crippen LogP contribution in [0.3, 0.4) is 0 Å². The number of benzene rings is 1. The van der Waals surface area contributed by atoms with Gasteiger partial charge in [-0.2, -0.15) is 8.42 Å². The summed E-state index contributed by atoms with van der Waals surface area (Å²) >= 11 is 5.72. The van der Waals surface area contributed by atoms with Gasteiger partial charge in [0.1, 0.15) is 0 Å². The Morgan fingerprint density at radius 3 is 2.32 bits per heavy atom. The fourth-order valence-corrected chi connectivity index (χ4v) is 2.18. The minimum atomic E-state index is -4.22. The number of nitrogens with two attached hydrogens (primary N) is 3. The molecular weight excluding hydrogens is 372 g/mol. The molecule has 0 atom stereocenters. The van der Waals surface area contributed by atoms with E-state index in [1.54, 1.807) is 6.92 Å². The Balaban J connectivity index is 2.74. The SMILES string of the molecule is CCN=C(N)S(=O)(=O)N=C(N)NN=C(N)NC(=O)c1ccc(Cl)cc1. The molecule has 8 N–H and O–H groups in total. The van der Waals surface area contributed by atoms with E-state index in [1.165, 1.54) is 24.3 Å². The second-order valence-corrected chi connectivity index (χ2v) is 6.32. The van der Waals surface area contributed by atoms with Crippen molar-refractivity contribution in [2.75, 3.05) is 6.54 Å². The van der Waals surface area contributed by atoms with Crippen LogP contribution in [0.15, 0.2) is 38.8 Å². The minimum Gasteiger partial charge on any atom is -0.373 e. The number of halogens is 1. The lowest BCUT2D eigenvalue weighted by molar-refractivity contribution is 0.0976. The summed E-state index contributed by atoms with van der Waals surface area (Å²) < 4.78 is 26.4. The van der Waals surface area contributed by atoms with Crippen molar-refractivity contribution in [3.63, 3.8) is 0 Å². The quantitative estimate of drug-likeness (QED) is 0.244. The molecule has 1 aromatic carbocycles. The van der Waals surface area contributed by atoms with Gasteiger partial charge in [-0.3, -0.25) is 15.1 Å². The fourth-order valence-electron chi connectivity index (χ4n) is 1.37. The van der Waals surface area contributed by atoms with Gasteiger partial charge >= 0.3 is 10.0 Å². The highest BCUT2D eigenvalue weighted by Gasteiger charge is 2.15. The largest absolute Gasteiger partial charge is 0.373 e. The molecule has 1 aromatic rings. The number of carbonyl (C=O) groups is 1. The maximum atomic E-state index is 11.9. The topological polar surface area (TPSA) is 190 Å². The van der Waals surface area contributed by atoms with Gasteiger partial charge in [0.15, 0.2) is 0 Å². The summed E-state index contributed by atoms with van der Waals surface area (Å²) in [5.41, 5.74) is 18.4. The van der Waals surface area contributed by atoms with Crippen molar-refractivity contribution >= 4 is 44.6 Å². The number of hydrogen-bond donors (Lipinski definition) is 5. The first kappa shape index (κ1) is 20.2. The molecule has 136 valence electrons. The van der Waals surface area contributed by atoms with E-state index >= 15 is 0 Å². The third-order valence-electron chi connectivity index (χ3n) is 2.44. The van der Waals surface area contributed by atoms with Crippen LogP contribution in [0.1, 0.15) is 17.3 Å². The summed E-state index contributed by atoms with van der Waals surface area (Å²) in [6.07, 6.45) is 0. The first-order valence-electron chi connectivity index (χ1n) is 6.72. The number of nitrogens with zero attached hydrogens (tertiary/aromatic N) is 3. The number of amidine groups is 1. The molecule has 0 saturated carbocycles. The van der Waals surface area contributed by atoms with Crippen molar-refractivity contribution < 1.29 is 13.2 Å². The lowest BCUT2D eigenvalue weighted by Crippen LogP contribution is -2.40. The normalized spacial score (nSPS) is 13.4. The molecule has 0 aliphatic heterocycles. The Labute approximate surface area is 149 Å². The smallest absolute Gasteiger partial charge is 0.318 e. The van der Waals surface area contributed by atoms with Crippen LogP contribution in [-0.4, -0.2) is 38.0 Å². The van der Waals surface area contributed by atoms with E-state index in [-0.39, 0.29) is 18.1 Å². The average molecular weight is 389 g/mol. The van der Waals surface area contributed by atoms with Gasteiger partial charge in [-0.1, -0.05) is 11.6 Å². The summed E-state index contributed by atoms with van der Waals surface area (Å²) in [6, 6.07) is 6.02. The number of sulfonamides is 1. The summed E-state index contributed by atoms with van der Waals surface area (Å²) in [5.74, 6) is -1.54. The Kier molecular flexibility index (Phi) is 7.14. The lowest BCUT2D eigenvalue weighted by Gasteiger charge is -2.05. The van der Waals surface area contributed by atoms with E-state index in [0.29, 0.717) is 5.02 Å². The summed E-state index contributed by atoms with van der Waals surface area (Å²) in [7, 11) is -4.22. The molecule has 0 aromatic heterocycles. The Hall–Kier alpha value is -2.86. The second-order valence-electron chi connectivity index (χ2n) is 4.33. The maximum Gasteiger partial charge on any atom is 0.318 e. The van der Waals surface area contributed by atoms with Gasteiger partial charge in [-0.15, -0.1) is 9.50 Å². The lowest BCUT2D eigenvalue weighted by atomic mass is 10.2. The van der Waals surface area contributed by atoms with Crippen LogP contribution in [0.2, 0.25) is 5.02 Å². The van der Waals surface area contributed by atoms with Crippen LogP contribution >= 0.6 is 11.6 Å². The fraction of sp³-hybridized carbons (Fsp3) is 0.167. The van der Waals surface area contributed by atoms with Gasteiger partial charge < -0.3 is 17.2 Å². The van der Waals surface area contributed by atoms with Gasteiger partial charge in [0.2, 0.25) is 17.1 Å². The van der Waals surface area contributed by atoms with E-state index in [0.717, 1.165) is 0 Å². The van der Waals surface area contributed by atoms with Crippen LogP contribution < -0.4 is 27.9 Å². The van der Waals surface area contributed by atoms with E-state index in [4.69, 9.17) is 28.8 Å². The molecule has 0 radical (unpaired) electrons. The third kappa shape index (κ3) is 6.64. The van der Waals surface area contributed by atoms with Crippen molar-refractivity contribution in [3.8, 4) is 0 Å². The van der Waals surface area contributed by atoms with Crippen molar-refractivity contribution in [3.05, 3.63) is 34.9 Å². The second kappa shape index (κ2) is 8.84.